The summed E-state index contributed by atoms with van der Waals surface area (Å²) in [5.41, 5.74) is 1.82. The number of rotatable bonds is 5. The predicted octanol–water partition coefficient (Wildman–Crippen LogP) is 3.91. The fraction of sp³-hybridized carbons (Fsp3) is 0.0526. The summed E-state index contributed by atoms with van der Waals surface area (Å²) in [7, 11) is 0. The van der Waals surface area contributed by atoms with Crippen molar-refractivity contribution in [1.29, 1.82) is 0 Å². The highest BCUT2D eigenvalue weighted by molar-refractivity contribution is 7.99. The molecule has 0 N–H and O–H groups in total. The number of carbonyl (C=O) groups is 1. The lowest BCUT2D eigenvalue weighted by Gasteiger charge is -2.03. The third-order valence-electron chi connectivity index (χ3n) is 3.77. The lowest BCUT2D eigenvalue weighted by Crippen LogP contribution is -2.03. The minimum Gasteiger partial charge on any atom is -0.293 e. The minimum atomic E-state index is -0.349. The lowest BCUT2D eigenvalue weighted by atomic mass is 10.2. The molecule has 0 spiro atoms. The zero-order valence-corrected chi connectivity index (χ0v) is 14.4. The van der Waals surface area contributed by atoms with Crippen LogP contribution in [-0.2, 0) is 0 Å². The molecule has 0 saturated carbocycles. The van der Waals surface area contributed by atoms with E-state index in [4.69, 9.17) is 0 Å². The molecule has 128 valence electrons. The molecule has 0 atom stereocenters. The van der Waals surface area contributed by atoms with E-state index >= 15 is 0 Å². The molecule has 0 unspecified atom stereocenters. The molecule has 4 aromatic rings. The predicted molar refractivity (Wildman–Crippen MR) is 97.7 cm³/mol. The van der Waals surface area contributed by atoms with Crippen LogP contribution >= 0.6 is 11.8 Å². The fourth-order valence-electron chi connectivity index (χ4n) is 2.50. The first-order chi connectivity index (χ1) is 12.7. The van der Waals surface area contributed by atoms with Crippen LogP contribution in [0.15, 0.2) is 71.8 Å². The van der Waals surface area contributed by atoms with Crippen molar-refractivity contribution in [3.8, 4) is 11.4 Å². The number of thioether (sulfide) groups is 1. The first-order valence-corrected chi connectivity index (χ1v) is 8.89. The molecule has 0 aliphatic carbocycles. The van der Waals surface area contributed by atoms with E-state index in [2.05, 4.69) is 15.3 Å². The third-order valence-corrected chi connectivity index (χ3v) is 4.69. The molecule has 0 aliphatic heterocycles. The van der Waals surface area contributed by atoms with E-state index in [0.29, 0.717) is 27.6 Å². The summed E-state index contributed by atoms with van der Waals surface area (Å²) in [5.74, 6) is 0.418. The van der Waals surface area contributed by atoms with Gasteiger partial charge >= 0.3 is 0 Å². The summed E-state index contributed by atoms with van der Waals surface area (Å²) in [6.07, 6.45) is 0. The second-order valence-electron chi connectivity index (χ2n) is 5.55. The van der Waals surface area contributed by atoms with Crippen LogP contribution in [0.4, 0.5) is 4.39 Å². The Morgan fingerprint density at radius 3 is 2.65 bits per heavy atom. The number of aromatic nitrogens is 4. The first kappa shape index (κ1) is 16.4. The molecule has 7 heteroatoms. The van der Waals surface area contributed by atoms with Crippen LogP contribution in [0.1, 0.15) is 10.4 Å². The summed E-state index contributed by atoms with van der Waals surface area (Å²) in [6, 6.07) is 18.8. The van der Waals surface area contributed by atoms with Gasteiger partial charge < -0.3 is 0 Å². The molecule has 4 rings (SSSR count). The lowest BCUT2D eigenvalue weighted by molar-refractivity contribution is 0.102. The number of hydrogen-bond donors (Lipinski definition) is 0. The van der Waals surface area contributed by atoms with E-state index in [-0.39, 0.29) is 17.4 Å². The zero-order valence-electron chi connectivity index (χ0n) is 13.5. The molecule has 5 nitrogen and oxygen atoms in total. The highest BCUT2D eigenvalue weighted by Crippen LogP contribution is 2.22. The van der Waals surface area contributed by atoms with E-state index in [1.165, 1.54) is 23.9 Å². The molecule has 0 bridgehead atoms. The van der Waals surface area contributed by atoms with Crippen molar-refractivity contribution in [2.75, 3.05) is 5.75 Å². The number of Topliss-reactive ketones (excluding diaryl/α,β-unsaturated/α-hetero) is 1. The molecule has 26 heavy (non-hydrogen) atoms. The Kier molecular flexibility index (Phi) is 4.45. The van der Waals surface area contributed by atoms with Crippen LogP contribution in [0.5, 0.6) is 0 Å². The normalized spacial score (nSPS) is 11.0. The summed E-state index contributed by atoms with van der Waals surface area (Å²) in [4.78, 5) is 12.2. The molecule has 0 radical (unpaired) electrons. The van der Waals surface area contributed by atoms with Crippen molar-refractivity contribution in [2.24, 2.45) is 0 Å². The van der Waals surface area contributed by atoms with Crippen molar-refractivity contribution >= 4 is 23.2 Å². The van der Waals surface area contributed by atoms with Crippen LogP contribution in [0.2, 0.25) is 0 Å². The van der Waals surface area contributed by atoms with Crippen LogP contribution in [0, 0.1) is 5.82 Å². The van der Waals surface area contributed by atoms with Gasteiger partial charge in [-0.15, -0.1) is 10.2 Å². The number of halogens is 1. The van der Waals surface area contributed by atoms with Crippen LogP contribution in [0.25, 0.3) is 17.0 Å². The highest BCUT2D eigenvalue weighted by atomic mass is 32.2. The summed E-state index contributed by atoms with van der Waals surface area (Å²) in [5, 5.41) is 13.3. The van der Waals surface area contributed by atoms with Gasteiger partial charge in [-0.1, -0.05) is 54.2 Å². The van der Waals surface area contributed by atoms with Crippen LogP contribution in [0.3, 0.4) is 0 Å². The minimum absolute atomic E-state index is 0.0339. The largest absolute Gasteiger partial charge is 0.293 e. The average Bonchev–Trinajstić information content (AvgIpc) is 3.10. The molecule has 0 fully saturated rings. The van der Waals surface area contributed by atoms with Gasteiger partial charge in [0.2, 0.25) is 0 Å². The number of fused-ring (bicyclic) bond motifs is 1. The van der Waals surface area contributed by atoms with Gasteiger partial charge in [0.1, 0.15) is 10.8 Å². The standard InChI is InChI=1S/C19H13FN4OS/c20-15-8-4-7-14(11-15)19-22-21-17-9-10-18(23-24(17)19)26-12-16(25)13-5-2-1-3-6-13/h1-11H,12H2. The summed E-state index contributed by atoms with van der Waals surface area (Å²) < 4.78 is 15.0. The van der Waals surface area contributed by atoms with E-state index in [0.717, 1.165) is 0 Å². The molecular formula is C19H13FN4OS. The number of benzene rings is 2. The summed E-state index contributed by atoms with van der Waals surface area (Å²) in [6.45, 7) is 0. The molecule has 0 aliphatic rings. The van der Waals surface area contributed by atoms with Gasteiger partial charge in [-0.05, 0) is 24.3 Å². The Morgan fingerprint density at radius 2 is 1.85 bits per heavy atom. The number of nitrogens with zero attached hydrogens (tertiary/aromatic N) is 4. The van der Waals surface area contributed by atoms with E-state index in [1.54, 1.807) is 40.9 Å². The first-order valence-electron chi connectivity index (χ1n) is 7.90. The number of carbonyl (C=O) groups excluding carboxylic acids is 1. The van der Waals surface area contributed by atoms with E-state index in [1.807, 2.05) is 18.2 Å². The fourth-order valence-corrected chi connectivity index (χ4v) is 3.25. The zero-order chi connectivity index (χ0) is 17.9. The molecule has 2 aromatic heterocycles. The monoisotopic (exact) mass is 364 g/mol. The van der Waals surface area contributed by atoms with Crippen molar-refractivity contribution in [2.45, 2.75) is 5.03 Å². The Bertz CT molecular complexity index is 1080. The highest BCUT2D eigenvalue weighted by Gasteiger charge is 2.12. The second-order valence-corrected chi connectivity index (χ2v) is 6.55. The van der Waals surface area contributed by atoms with Crippen LogP contribution < -0.4 is 0 Å². The molecule has 2 aromatic carbocycles. The summed E-state index contributed by atoms with van der Waals surface area (Å²) >= 11 is 1.34. The van der Waals surface area contributed by atoms with Gasteiger partial charge in [0, 0.05) is 11.1 Å². The Hall–Kier alpha value is -3.06. The van der Waals surface area contributed by atoms with Gasteiger partial charge in [-0.3, -0.25) is 4.79 Å². The third kappa shape index (κ3) is 3.34. The van der Waals surface area contributed by atoms with Gasteiger partial charge in [0.15, 0.2) is 17.3 Å². The Balaban J connectivity index is 1.59. The van der Waals surface area contributed by atoms with Gasteiger partial charge in [0.05, 0.1) is 5.75 Å². The van der Waals surface area contributed by atoms with Gasteiger partial charge in [-0.25, -0.2) is 4.39 Å². The Labute approximate surface area is 152 Å². The number of hydrogen-bond acceptors (Lipinski definition) is 5. The Morgan fingerprint density at radius 1 is 1.00 bits per heavy atom. The topological polar surface area (TPSA) is 60.2 Å². The molecular weight excluding hydrogens is 351 g/mol. The maximum absolute atomic E-state index is 13.5. The van der Waals surface area contributed by atoms with E-state index < -0.39 is 0 Å². The van der Waals surface area contributed by atoms with E-state index in [9.17, 15) is 9.18 Å². The SMILES string of the molecule is O=C(CSc1ccc2nnc(-c3cccc(F)c3)n2n1)c1ccccc1. The smallest absolute Gasteiger partial charge is 0.185 e. The van der Waals surface area contributed by atoms with Crippen molar-refractivity contribution in [3.63, 3.8) is 0 Å². The quantitative estimate of drug-likeness (QED) is 0.397. The van der Waals surface area contributed by atoms with Crippen molar-refractivity contribution in [1.82, 2.24) is 19.8 Å². The number of ketones is 1. The molecule has 2 heterocycles. The maximum Gasteiger partial charge on any atom is 0.185 e. The van der Waals surface area contributed by atoms with Crippen LogP contribution in [-0.4, -0.2) is 31.3 Å². The van der Waals surface area contributed by atoms with Gasteiger partial charge in [0.25, 0.3) is 0 Å². The molecule has 0 saturated heterocycles. The van der Waals surface area contributed by atoms with Crippen molar-refractivity contribution < 1.29 is 9.18 Å². The average molecular weight is 364 g/mol. The second kappa shape index (κ2) is 7.05. The van der Waals surface area contributed by atoms with Crippen molar-refractivity contribution in [3.05, 3.63) is 78.1 Å². The maximum atomic E-state index is 13.5. The van der Waals surface area contributed by atoms with Gasteiger partial charge in [-0.2, -0.15) is 9.61 Å². The molecule has 0 amide bonds.